The molecule has 0 saturated heterocycles. The van der Waals surface area contributed by atoms with Gasteiger partial charge in [-0.25, -0.2) is 0 Å². The summed E-state index contributed by atoms with van der Waals surface area (Å²) in [5.41, 5.74) is 1.14. The van der Waals surface area contributed by atoms with Gasteiger partial charge in [-0.05, 0) is 24.8 Å². The highest BCUT2D eigenvalue weighted by atomic mass is 16.1. The van der Waals surface area contributed by atoms with Crippen molar-refractivity contribution in [1.82, 2.24) is 15.1 Å². The number of aromatic nitrogens is 2. The van der Waals surface area contributed by atoms with Crippen LogP contribution < -0.4 is 5.32 Å². The van der Waals surface area contributed by atoms with E-state index in [0.29, 0.717) is 24.8 Å². The molecule has 0 aliphatic heterocycles. The summed E-state index contributed by atoms with van der Waals surface area (Å²) < 4.78 is 1.77. The summed E-state index contributed by atoms with van der Waals surface area (Å²) in [5.74, 6) is 0.297. The first kappa shape index (κ1) is 10.4. The molecular weight excluding hydrogens is 190 g/mol. The minimum absolute atomic E-state index is 0.297. The lowest BCUT2D eigenvalue weighted by molar-refractivity contribution is -0.118. The van der Waals surface area contributed by atoms with Gasteiger partial charge in [0.15, 0.2) is 0 Å². The second-order valence-electron chi connectivity index (χ2n) is 4.22. The van der Waals surface area contributed by atoms with Crippen molar-refractivity contribution in [3.05, 3.63) is 18.0 Å². The minimum atomic E-state index is 0.297. The number of carbonyl (C=O) groups is 1. The number of nitrogens with one attached hydrogen (secondary N) is 1. The lowest BCUT2D eigenvalue weighted by Crippen LogP contribution is -2.24. The zero-order valence-corrected chi connectivity index (χ0v) is 9.07. The van der Waals surface area contributed by atoms with Crippen LogP contribution in [0.3, 0.4) is 0 Å². The third-order valence-corrected chi connectivity index (χ3v) is 2.62. The zero-order chi connectivity index (χ0) is 10.7. The van der Waals surface area contributed by atoms with Crippen molar-refractivity contribution in [2.24, 2.45) is 7.05 Å². The summed E-state index contributed by atoms with van der Waals surface area (Å²) in [6, 6.07) is 0.618. The predicted molar refractivity (Wildman–Crippen MR) is 57.6 cm³/mol. The molecule has 0 unspecified atom stereocenters. The Morgan fingerprint density at radius 2 is 2.47 bits per heavy atom. The van der Waals surface area contributed by atoms with Crippen molar-refractivity contribution in [2.75, 3.05) is 6.54 Å². The second kappa shape index (κ2) is 4.57. The van der Waals surface area contributed by atoms with Crippen LogP contribution in [-0.2, 0) is 18.3 Å². The third-order valence-electron chi connectivity index (χ3n) is 2.62. The van der Waals surface area contributed by atoms with Crippen molar-refractivity contribution >= 4 is 5.78 Å². The summed E-state index contributed by atoms with van der Waals surface area (Å²) in [5, 5.41) is 7.30. The molecule has 15 heavy (non-hydrogen) atoms. The van der Waals surface area contributed by atoms with Crippen molar-refractivity contribution in [3.63, 3.8) is 0 Å². The average molecular weight is 207 g/mol. The van der Waals surface area contributed by atoms with Gasteiger partial charge >= 0.3 is 0 Å². The molecule has 0 radical (unpaired) electrons. The average Bonchev–Trinajstić information content (AvgIpc) is 2.95. The highest BCUT2D eigenvalue weighted by molar-refractivity contribution is 5.80. The molecule has 4 nitrogen and oxygen atoms in total. The Hall–Kier alpha value is -1.16. The maximum absolute atomic E-state index is 11.5. The maximum Gasteiger partial charge on any atom is 0.146 e. The van der Waals surface area contributed by atoms with Crippen LogP contribution in [0, 0.1) is 0 Å². The number of rotatable bonds is 6. The lowest BCUT2D eigenvalue weighted by atomic mass is 10.1. The molecule has 1 aliphatic carbocycles. The smallest absolute Gasteiger partial charge is 0.146 e. The number of Topliss-reactive ketones (excluding diaryl/α,β-unsaturated/α-hetero) is 1. The molecule has 0 bridgehead atoms. The number of aryl methyl sites for hydroxylation is 2. The van der Waals surface area contributed by atoms with E-state index in [1.807, 2.05) is 19.4 Å². The van der Waals surface area contributed by atoms with E-state index in [9.17, 15) is 4.79 Å². The molecule has 0 aromatic carbocycles. The van der Waals surface area contributed by atoms with Crippen LogP contribution in [0.15, 0.2) is 12.4 Å². The van der Waals surface area contributed by atoms with Crippen LogP contribution in [0.1, 0.15) is 24.8 Å². The quantitative estimate of drug-likeness (QED) is 0.746. The van der Waals surface area contributed by atoms with E-state index in [1.54, 1.807) is 4.68 Å². The van der Waals surface area contributed by atoms with E-state index in [2.05, 4.69) is 10.4 Å². The zero-order valence-electron chi connectivity index (χ0n) is 9.07. The Kier molecular flexibility index (Phi) is 3.16. The van der Waals surface area contributed by atoms with Gasteiger partial charge in [-0.3, -0.25) is 9.48 Å². The number of ketones is 1. The van der Waals surface area contributed by atoms with Crippen LogP contribution >= 0.6 is 0 Å². The van der Waals surface area contributed by atoms with Crippen LogP contribution in [0.5, 0.6) is 0 Å². The van der Waals surface area contributed by atoms with E-state index in [-0.39, 0.29) is 0 Å². The molecule has 4 heteroatoms. The van der Waals surface area contributed by atoms with Gasteiger partial charge in [-0.1, -0.05) is 0 Å². The van der Waals surface area contributed by atoms with Gasteiger partial charge in [0.1, 0.15) is 5.78 Å². The first-order valence-electron chi connectivity index (χ1n) is 5.46. The normalized spacial score (nSPS) is 15.5. The molecule has 1 aliphatic rings. The SMILES string of the molecule is Cn1cc(CCC(=O)CNC2CC2)cn1. The molecule has 0 atom stereocenters. The van der Waals surface area contributed by atoms with Gasteiger partial charge in [0.05, 0.1) is 12.7 Å². The topological polar surface area (TPSA) is 46.9 Å². The van der Waals surface area contributed by atoms with Crippen molar-refractivity contribution in [3.8, 4) is 0 Å². The molecule has 1 heterocycles. The Morgan fingerprint density at radius 3 is 3.07 bits per heavy atom. The van der Waals surface area contributed by atoms with E-state index < -0.39 is 0 Å². The summed E-state index contributed by atoms with van der Waals surface area (Å²) in [6.45, 7) is 0.533. The minimum Gasteiger partial charge on any atom is -0.307 e. The molecular formula is C11H17N3O. The second-order valence-corrected chi connectivity index (χ2v) is 4.22. The van der Waals surface area contributed by atoms with Crippen LogP contribution in [0.25, 0.3) is 0 Å². The molecule has 0 spiro atoms. The fraction of sp³-hybridized carbons (Fsp3) is 0.636. The van der Waals surface area contributed by atoms with E-state index in [0.717, 1.165) is 12.0 Å². The molecule has 2 rings (SSSR count). The molecule has 82 valence electrons. The highest BCUT2D eigenvalue weighted by Crippen LogP contribution is 2.18. The van der Waals surface area contributed by atoms with Gasteiger partial charge in [0.25, 0.3) is 0 Å². The molecule has 1 aromatic rings. The van der Waals surface area contributed by atoms with Gasteiger partial charge in [-0.2, -0.15) is 5.10 Å². The largest absolute Gasteiger partial charge is 0.307 e. The van der Waals surface area contributed by atoms with Crippen molar-refractivity contribution in [2.45, 2.75) is 31.7 Å². The monoisotopic (exact) mass is 207 g/mol. The summed E-state index contributed by atoms with van der Waals surface area (Å²) in [6.07, 6.45) is 7.67. The Bertz CT molecular complexity index is 341. The third kappa shape index (κ3) is 3.47. The van der Waals surface area contributed by atoms with E-state index >= 15 is 0 Å². The summed E-state index contributed by atoms with van der Waals surface area (Å²) in [7, 11) is 1.89. The van der Waals surface area contributed by atoms with Gasteiger partial charge < -0.3 is 5.32 Å². The highest BCUT2D eigenvalue weighted by Gasteiger charge is 2.20. The fourth-order valence-corrected chi connectivity index (χ4v) is 1.52. The first-order valence-corrected chi connectivity index (χ1v) is 5.46. The fourth-order valence-electron chi connectivity index (χ4n) is 1.52. The van der Waals surface area contributed by atoms with E-state index in [1.165, 1.54) is 12.8 Å². The number of nitrogens with zero attached hydrogens (tertiary/aromatic N) is 2. The predicted octanol–water partition coefficient (Wildman–Crippen LogP) is 0.674. The first-order chi connectivity index (χ1) is 7.24. The molecule has 1 aromatic heterocycles. The Labute approximate surface area is 89.7 Å². The van der Waals surface area contributed by atoms with Crippen molar-refractivity contribution < 1.29 is 4.79 Å². The maximum atomic E-state index is 11.5. The standard InChI is InChI=1S/C11H17N3O/c1-14-8-9(6-13-14)2-5-11(15)7-12-10-3-4-10/h6,8,10,12H,2-5,7H2,1H3. The summed E-state index contributed by atoms with van der Waals surface area (Å²) >= 11 is 0. The molecule has 1 saturated carbocycles. The molecule has 0 amide bonds. The Balaban J connectivity index is 1.65. The van der Waals surface area contributed by atoms with Crippen LogP contribution in [0.4, 0.5) is 0 Å². The van der Waals surface area contributed by atoms with Gasteiger partial charge in [0.2, 0.25) is 0 Å². The Morgan fingerprint density at radius 1 is 1.67 bits per heavy atom. The van der Waals surface area contributed by atoms with Gasteiger partial charge in [0, 0.05) is 25.7 Å². The van der Waals surface area contributed by atoms with Crippen LogP contribution in [-0.4, -0.2) is 28.2 Å². The number of hydrogen-bond acceptors (Lipinski definition) is 3. The molecule has 1 fully saturated rings. The number of carbonyl (C=O) groups excluding carboxylic acids is 1. The van der Waals surface area contributed by atoms with Crippen LogP contribution in [0.2, 0.25) is 0 Å². The molecule has 1 N–H and O–H groups in total. The lowest BCUT2D eigenvalue weighted by Gasteiger charge is -2.00. The van der Waals surface area contributed by atoms with E-state index in [4.69, 9.17) is 0 Å². The number of hydrogen-bond donors (Lipinski definition) is 1. The van der Waals surface area contributed by atoms with Gasteiger partial charge in [-0.15, -0.1) is 0 Å². The van der Waals surface area contributed by atoms with Crippen molar-refractivity contribution in [1.29, 1.82) is 0 Å². The summed E-state index contributed by atoms with van der Waals surface area (Å²) in [4.78, 5) is 11.5.